The third-order valence-electron chi connectivity index (χ3n) is 2.03. The van der Waals surface area contributed by atoms with Gasteiger partial charge in [0, 0.05) is 15.0 Å². The van der Waals surface area contributed by atoms with Gasteiger partial charge in [0.15, 0.2) is 0 Å². The van der Waals surface area contributed by atoms with Gasteiger partial charge in [-0.05, 0) is 18.7 Å². The number of benzene rings is 1. The molecule has 0 unspecified atom stereocenters. The Morgan fingerprint density at radius 1 is 1.38 bits per heavy atom. The lowest BCUT2D eigenvalue weighted by Gasteiger charge is -1.95. The number of thioether (sulfide) groups is 1. The molecule has 0 N–H and O–H groups in total. The van der Waals surface area contributed by atoms with E-state index >= 15 is 0 Å². The highest BCUT2D eigenvalue weighted by Crippen LogP contribution is 2.41. The average Bonchev–Trinajstić information content (AvgIpc) is 2.43. The summed E-state index contributed by atoms with van der Waals surface area (Å²) in [4.78, 5) is 1.21. The van der Waals surface area contributed by atoms with Crippen molar-refractivity contribution in [3.05, 3.63) is 28.1 Å². The van der Waals surface area contributed by atoms with Gasteiger partial charge >= 0.3 is 0 Å². The molecule has 68 valence electrons. The zero-order valence-corrected chi connectivity index (χ0v) is 9.82. The van der Waals surface area contributed by atoms with Crippen LogP contribution < -0.4 is 0 Å². The molecule has 1 aromatic carbocycles. The minimum absolute atomic E-state index is 0.914. The highest BCUT2D eigenvalue weighted by molar-refractivity contribution is 7.99. The van der Waals surface area contributed by atoms with Crippen molar-refractivity contribution in [3.8, 4) is 0 Å². The first kappa shape index (κ1) is 9.38. The maximum Gasteiger partial charge on any atom is 0.108 e. The first-order chi connectivity index (χ1) is 6.24. The SMILES string of the molecule is CSc1c(Cl)sc2c(C)cccc12. The van der Waals surface area contributed by atoms with Crippen LogP contribution in [0, 0.1) is 6.92 Å². The van der Waals surface area contributed by atoms with Crippen molar-refractivity contribution in [1.82, 2.24) is 0 Å². The highest BCUT2D eigenvalue weighted by atomic mass is 35.5. The molecule has 0 radical (unpaired) electrons. The lowest BCUT2D eigenvalue weighted by molar-refractivity contribution is 1.54. The van der Waals surface area contributed by atoms with Gasteiger partial charge in [-0.2, -0.15) is 0 Å². The summed E-state index contributed by atoms with van der Waals surface area (Å²) in [5.74, 6) is 0. The minimum atomic E-state index is 0.914. The number of thiophene rings is 1. The van der Waals surface area contributed by atoms with E-state index in [1.54, 1.807) is 23.1 Å². The van der Waals surface area contributed by atoms with Crippen LogP contribution in [0.2, 0.25) is 4.34 Å². The molecule has 1 heterocycles. The maximum atomic E-state index is 6.14. The van der Waals surface area contributed by atoms with Crippen molar-refractivity contribution in [2.75, 3.05) is 6.26 Å². The van der Waals surface area contributed by atoms with Crippen LogP contribution in [0.1, 0.15) is 5.56 Å². The summed E-state index contributed by atoms with van der Waals surface area (Å²) >= 11 is 9.53. The van der Waals surface area contributed by atoms with Crippen molar-refractivity contribution in [3.63, 3.8) is 0 Å². The summed E-state index contributed by atoms with van der Waals surface area (Å²) < 4.78 is 2.23. The first-order valence-electron chi connectivity index (χ1n) is 3.95. The normalized spacial score (nSPS) is 11.0. The molecule has 0 nitrogen and oxygen atoms in total. The van der Waals surface area contributed by atoms with Crippen LogP contribution in [0.25, 0.3) is 10.1 Å². The molecule has 0 aliphatic rings. The molecular formula is C10H9ClS2. The van der Waals surface area contributed by atoms with Gasteiger partial charge in [-0.15, -0.1) is 23.1 Å². The summed E-state index contributed by atoms with van der Waals surface area (Å²) in [7, 11) is 0. The molecule has 2 aromatic rings. The molecule has 1 aromatic heterocycles. The number of aryl methyl sites for hydroxylation is 1. The smallest absolute Gasteiger partial charge is 0.108 e. The molecule has 3 heteroatoms. The Bertz CT molecular complexity index is 445. The molecule has 0 fully saturated rings. The number of rotatable bonds is 1. The second-order valence-electron chi connectivity index (χ2n) is 2.86. The fourth-order valence-electron chi connectivity index (χ4n) is 1.40. The van der Waals surface area contributed by atoms with Gasteiger partial charge in [0.2, 0.25) is 0 Å². The topological polar surface area (TPSA) is 0 Å². The zero-order chi connectivity index (χ0) is 9.42. The fraction of sp³-hybridized carbons (Fsp3) is 0.200. The predicted molar refractivity (Wildman–Crippen MR) is 63.4 cm³/mol. The Morgan fingerprint density at radius 2 is 2.15 bits per heavy atom. The summed E-state index contributed by atoms with van der Waals surface area (Å²) in [5, 5.41) is 1.29. The molecule has 13 heavy (non-hydrogen) atoms. The van der Waals surface area contributed by atoms with Gasteiger partial charge < -0.3 is 0 Å². The van der Waals surface area contributed by atoms with E-state index in [0.717, 1.165) is 4.34 Å². The van der Waals surface area contributed by atoms with E-state index in [0.29, 0.717) is 0 Å². The lowest BCUT2D eigenvalue weighted by Crippen LogP contribution is -1.71. The predicted octanol–water partition coefficient (Wildman–Crippen LogP) is 4.59. The van der Waals surface area contributed by atoms with Crippen LogP contribution in [0.4, 0.5) is 0 Å². The Balaban J connectivity index is 2.86. The number of halogens is 1. The second-order valence-corrected chi connectivity index (χ2v) is 5.30. The minimum Gasteiger partial charge on any atom is -0.127 e. The Labute approximate surface area is 90.9 Å². The van der Waals surface area contributed by atoms with E-state index in [-0.39, 0.29) is 0 Å². The maximum absolute atomic E-state index is 6.14. The highest BCUT2D eigenvalue weighted by Gasteiger charge is 2.09. The van der Waals surface area contributed by atoms with Crippen molar-refractivity contribution in [2.24, 2.45) is 0 Å². The van der Waals surface area contributed by atoms with Crippen LogP contribution in [0.15, 0.2) is 23.1 Å². The van der Waals surface area contributed by atoms with E-state index in [4.69, 9.17) is 11.6 Å². The van der Waals surface area contributed by atoms with Gasteiger partial charge in [-0.3, -0.25) is 0 Å². The van der Waals surface area contributed by atoms with Crippen LogP contribution in [0.3, 0.4) is 0 Å². The molecule has 0 aliphatic carbocycles. The third kappa shape index (κ3) is 1.47. The molecular weight excluding hydrogens is 220 g/mol. The van der Waals surface area contributed by atoms with Crippen molar-refractivity contribution >= 4 is 44.8 Å². The summed E-state index contributed by atoms with van der Waals surface area (Å²) in [5.41, 5.74) is 1.31. The Kier molecular flexibility index (Phi) is 2.54. The van der Waals surface area contributed by atoms with E-state index in [9.17, 15) is 0 Å². The van der Waals surface area contributed by atoms with Crippen molar-refractivity contribution in [1.29, 1.82) is 0 Å². The van der Waals surface area contributed by atoms with Crippen LogP contribution in [-0.4, -0.2) is 6.26 Å². The van der Waals surface area contributed by atoms with Crippen molar-refractivity contribution in [2.45, 2.75) is 11.8 Å². The van der Waals surface area contributed by atoms with Crippen LogP contribution in [-0.2, 0) is 0 Å². The molecule has 0 spiro atoms. The second kappa shape index (κ2) is 3.52. The monoisotopic (exact) mass is 228 g/mol. The Morgan fingerprint density at radius 3 is 2.85 bits per heavy atom. The summed E-state index contributed by atoms with van der Waals surface area (Å²) in [6, 6.07) is 6.34. The van der Waals surface area contributed by atoms with E-state index in [2.05, 4.69) is 31.4 Å². The van der Waals surface area contributed by atoms with Gasteiger partial charge in [-0.25, -0.2) is 0 Å². The summed E-state index contributed by atoms with van der Waals surface area (Å²) in [6.07, 6.45) is 2.07. The van der Waals surface area contributed by atoms with Gasteiger partial charge in [0.1, 0.15) is 4.34 Å². The molecule has 0 bridgehead atoms. The molecule has 2 rings (SSSR count). The van der Waals surface area contributed by atoms with Gasteiger partial charge in [0.05, 0.1) is 0 Å². The van der Waals surface area contributed by atoms with Crippen LogP contribution in [0.5, 0.6) is 0 Å². The number of fused-ring (bicyclic) bond motifs is 1. The van der Waals surface area contributed by atoms with Gasteiger partial charge in [0.25, 0.3) is 0 Å². The van der Waals surface area contributed by atoms with E-state index in [1.807, 2.05) is 0 Å². The van der Waals surface area contributed by atoms with E-state index in [1.165, 1.54) is 20.5 Å². The molecule has 0 aliphatic heterocycles. The summed E-state index contributed by atoms with van der Waals surface area (Å²) in [6.45, 7) is 2.12. The zero-order valence-electron chi connectivity index (χ0n) is 7.43. The third-order valence-corrected chi connectivity index (χ3v) is 4.65. The average molecular weight is 229 g/mol. The molecule has 0 saturated heterocycles. The molecule has 0 amide bonds. The number of hydrogen-bond acceptors (Lipinski definition) is 2. The first-order valence-corrected chi connectivity index (χ1v) is 6.37. The quantitative estimate of drug-likeness (QED) is 0.644. The number of hydrogen-bond donors (Lipinski definition) is 0. The molecule has 0 atom stereocenters. The van der Waals surface area contributed by atoms with Gasteiger partial charge in [-0.1, -0.05) is 29.8 Å². The van der Waals surface area contributed by atoms with Crippen molar-refractivity contribution < 1.29 is 0 Å². The standard InChI is InChI=1S/C10H9ClS2/c1-6-4-3-5-7-8(6)13-10(11)9(7)12-2/h3-5H,1-2H3. The Hall–Kier alpha value is -0.180. The lowest BCUT2D eigenvalue weighted by atomic mass is 10.2. The van der Waals surface area contributed by atoms with Crippen LogP contribution >= 0.6 is 34.7 Å². The fourth-order valence-corrected chi connectivity index (χ4v) is 3.84. The largest absolute Gasteiger partial charge is 0.127 e. The van der Waals surface area contributed by atoms with E-state index < -0.39 is 0 Å². The molecule has 0 saturated carbocycles.